The van der Waals surface area contributed by atoms with Crippen molar-refractivity contribution in [3.63, 3.8) is 0 Å². The number of hydrogen-bond acceptors (Lipinski definition) is 4. The molecule has 4 nitrogen and oxygen atoms in total. The van der Waals surface area contributed by atoms with E-state index in [-0.39, 0.29) is 22.2 Å². The van der Waals surface area contributed by atoms with Gasteiger partial charge in [-0.2, -0.15) is 18.4 Å². The Morgan fingerprint density at radius 1 is 1.40 bits per heavy atom. The molecule has 0 unspecified atom stereocenters. The van der Waals surface area contributed by atoms with E-state index < -0.39 is 23.6 Å². The Labute approximate surface area is 117 Å². The van der Waals surface area contributed by atoms with E-state index in [0.717, 1.165) is 12.1 Å². The molecule has 1 atom stereocenters. The predicted octanol–water partition coefficient (Wildman–Crippen LogP) is 2.30. The predicted molar refractivity (Wildman–Crippen MR) is 66.9 cm³/mol. The fourth-order valence-corrected chi connectivity index (χ4v) is 1.77. The fraction of sp³-hybridized carbons (Fsp3) is 0.333. The molecule has 0 radical (unpaired) electrons. The van der Waals surface area contributed by atoms with Crippen LogP contribution in [0.5, 0.6) is 0 Å². The number of amides is 1. The summed E-state index contributed by atoms with van der Waals surface area (Å²) >= 11 is -0.281. The number of carbonyl (C=O) groups excluding carboxylic acids is 1. The summed E-state index contributed by atoms with van der Waals surface area (Å²) in [6, 6.07) is 6.50. The van der Waals surface area contributed by atoms with Crippen LogP contribution in [0.4, 0.5) is 13.2 Å². The van der Waals surface area contributed by atoms with Crippen LogP contribution >= 0.6 is 11.8 Å². The highest BCUT2D eigenvalue weighted by molar-refractivity contribution is 8.00. The van der Waals surface area contributed by atoms with Crippen molar-refractivity contribution in [2.45, 2.75) is 22.9 Å². The number of carbonyl (C=O) groups is 1. The molecule has 0 aliphatic rings. The van der Waals surface area contributed by atoms with Crippen LogP contribution in [-0.4, -0.2) is 28.7 Å². The first-order valence-corrected chi connectivity index (χ1v) is 6.21. The Morgan fingerprint density at radius 3 is 2.35 bits per heavy atom. The summed E-state index contributed by atoms with van der Waals surface area (Å²) in [4.78, 5) is 11.7. The van der Waals surface area contributed by atoms with Gasteiger partial charge in [0.15, 0.2) is 0 Å². The number of hydrogen-bond donors (Lipinski definition) is 2. The van der Waals surface area contributed by atoms with Gasteiger partial charge in [0.2, 0.25) is 0 Å². The number of thioether (sulfide) groups is 1. The molecule has 1 amide bonds. The van der Waals surface area contributed by atoms with Gasteiger partial charge in [0.1, 0.15) is 5.54 Å². The van der Waals surface area contributed by atoms with Crippen molar-refractivity contribution in [2.75, 3.05) is 6.61 Å². The van der Waals surface area contributed by atoms with Gasteiger partial charge in [-0.05, 0) is 43.0 Å². The quantitative estimate of drug-likeness (QED) is 0.837. The molecule has 8 heteroatoms. The van der Waals surface area contributed by atoms with Gasteiger partial charge in [0, 0.05) is 10.5 Å². The molecule has 1 aromatic carbocycles. The Morgan fingerprint density at radius 2 is 1.95 bits per heavy atom. The smallest absolute Gasteiger partial charge is 0.393 e. The van der Waals surface area contributed by atoms with Crippen molar-refractivity contribution >= 4 is 17.7 Å². The second-order valence-corrected chi connectivity index (χ2v) is 5.27. The lowest BCUT2D eigenvalue weighted by Gasteiger charge is -2.20. The largest absolute Gasteiger partial charge is 0.446 e. The highest BCUT2D eigenvalue weighted by Gasteiger charge is 2.29. The van der Waals surface area contributed by atoms with Crippen LogP contribution in [0.25, 0.3) is 0 Å². The van der Waals surface area contributed by atoms with E-state index in [9.17, 15) is 18.0 Å². The summed E-state index contributed by atoms with van der Waals surface area (Å²) in [6.07, 6.45) is 0. The highest BCUT2D eigenvalue weighted by atomic mass is 32.2. The molecule has 0 aliphatic carbocycles. The topological polar surface area (TPSA) is 73.1 Å². The summed E-state index contributed by atoms with van der Waals surface area (Å²) in [5, 5.41) is 20.1. The third kappa shape index (κ3) is 4.75. The number of rotatable bonds is 4. The van der Waals surface area contributed by atoms with Crippen molar-refractivity contribution in [1.29, 1.82) is 5.26 Å². The fourth-order valence-electron chi connectivity index (χ4n) is 1.23. The minimum absolute atomic E-state index is 0.0424. The molecule has 1 rings (SSSR count). The number of aliphatic hydroxyl groups excluding tert-OH is 1. The van der Waals surface area contributed by atoms with Crippen LogP contribution in [0.3, 0.4) is 0 Å². The van der Waals surface area contributed by atoms with Crippen LogP contribution in [0, 0.1) is 11.3 Å². The second kappa shape index (κ2) is 6.15. The SMILES string of the molecule is C[C@](C#N)(CO)NC(=O)c1ccc(SC(F)(F)F)cc1. The molecule has 0 saturated carbocycles. The summed E-state index contributed by atoms with van der Waals surface area (Å²) in [7, 11) is 0. The lowest BCUT2D eigenvalue weighted by atomic mass is 10.1. The first-order valence-electron chi connectivity index (χ1n) is 5.39. The lowest BCUT2D eigenvalue weighted by Crippen LogP contribution is -2.47. The van der Waals surface area contributed by atoms with E-state index in [0.29, 0.717) is 0 Å². The van der Waals surface area contributed by atoms with Gasteiger partial charge < -0.3 is 10.4 Å². The molecule has 0 aliphatic heterocycles. The van der Waals surface area contributed by atoms with Crippen LogP contribution in [0.15, 0.2) is 29.2 Å². The van der Waals surface area contributed by atoms with Gasteiger partial charge >= 0.3 is 5.51 Å². The zero-order chi connectivity index (χ0) is 15.4. The van der Waals surface area contributed by atoms with Crippen LogP contribution in [-0.2, 0) is 0 Å². The number of benzene rings is 1. The average Bonchev–Trinajstić information content (AvgIpc) is 2.37. The molecule has 0 bridgehead atoms. The van der Waals surface area contributed by atoms with Gasteiger partial charge in [0.25, 0.3) is 5.91 Å². The van der Waals surface area contributed by atoms with E-state index in [2.05, 4.69) is 5.32 Å². The maximum Gasteiger partial charge on any atom is 0.446 e. The Hall–Kier alpha value is -1.72. The maximum absolute atomic E-state index is 12.1. The minimum atomic E-state index is -4.39. The van der Waals surface area contributed by atoms with Crippen molar-refractivity contribution in [3.05, 3.63) is 29.8 Å². The molecule has 108 valence electrons. The van der Waals surface area contributed by atoms with Crippen LogP contribution < -0.4 is 5.32 Å². The van der Waals surface area contributed by atoms with Crippen molar-refractivity contribution in [1.82, 2.24) is 5.32 Å². The Bertz CT molecular complexity index is 525. The summed E-state index contributed by atoms with van der Waals surface area (Å²) in [6.45, 7) is 0.760. The average molecular weight is 304 g/mol. The van der Waals surface area contributed by atoms with Gasteiger partial charge in [-0.1, -0.05) is 0 Å². The number of nitrogens with one attached hydrogen (secondary N) is 1. The van der Waals surface area contributed by atoms with Crippen LogP contribution in [0.1, 0.15) is 17.3 Å². The van der Waals surface area contributed by atoms with Crippen molar-refractivity contribution in [3.8, 4) is 6.07 Å². The van der Waals surface area contributed by atoms with Gasteiger partial charge in [-0.3, -0.25) is 4.79 Å². The zero-order valence-corrected chi connectivity index (χ0v) is 11.2. The molecule has 20 heavy (non-hydrogen) atoms. The van der Waals surface area contributed by atoms with E-state index in [1.807, 2.05) is 0 Å². The van der Waals surface area contributed by atoms with E-state index in [1.165, 1.54) is 19.1 Å². The summed E-state index contributed by atoms with van der Waals surface area (Å²) in [5.74, 6) is -0.647. The molecule has 0 fully saturated rings. The Kier molecular flexibility index (Phi) is 5.03. The molecule has 0 aromatic heterocycles. The van der Waals surface area contributed by atoms with Crippen molar-refractivity contribution in [2.24, 2.45) is 0 Å². The normalized spacial score (nSPS) is 14.2. The van der Waals surface area contributed by atoms with Gasteiger partial charge in [-0.25, -0.2) is 0 Å². The van der Waals surface area contributed by atoms with E-state index in [4.69, 9.17) is 10.4 Å². The third-order valence-corrected chi connectivity index (χ3v) is 3.04. The number of halogens is 3. The third-order valence-electron chi connectivity index (χ3n) is 2.30. The zero-order valence-electron chi connectivity index (χ0n) is 10.4. The maximum atomic E-state index is 12.1. The van der Waals surface area contributed by atoms with E-state index >= 15 is 0 Å². The second-order valence-electron chi connectivity index (χ2n) is 4.13. The standard InChI is InChI=1S/C12H11F3N2O2S/c1-11(6-16,7-18)17-10(19)8-2-4-9(5-3-8)20-12(13,14)15/h2-5,18H,7H2,1H3,(H,17,19)/t11-/m0/s1. The molecule has 2 N–H and O–H groups in total. The van der Waals surface area contributed by atoms with Gasteiger partial charge in [-0.15, -0.1) is 0 Å². The minimum Gasteiger partial charge on any atom is -0.393 e. The molecule has 0 spiro atoms. The van der Waals surface area contributed by atoms with Crippen molar-refractivity contribution < 1.29 is 23.1 Å². The number of alkyl halides is 3. The van der Waals surface area contributed by atoms with E-state index in [1.54, 1.807) is 6.07 Å². The molecule has 1 aromatic rings. The summed E-state index contributed by atoms with van der Waals surface area (Å²) in [5.41, 5.74) is -5.72. The first-order chi connectivity index (χ1) is 9.19. The Balaban J connectivity index is 2.79. The highest BCUT2D eigenvalue weighted by Crippen LogP contribution is 2.36. The number of nitrogens with zero attached hydrogens (tertiary/aromatic N) is 1. The lowest BCUT2D eigenvalue weighted by molar-refractivity contribution is -0.0328. The summed E-state index contributed by atoms with van der Waals surface area (Å²) < 4.78 is 36.4. The molecular weight excluding hydrogens is 293 g/mol. The van der Waals surface area contributed by atoms with Gasteiger partial charge in [0.05, 0.1) is 12.7 Å². The first kappa shape index (κ1) is 16.3. The molecule has 0 saturated heterocycles. The molecule has 0 heterocycles. The monoisotopic (exact) mass is 304 g/mol. The number of aliphatic hydroxyl groups is 1. The van der Waals surface area contributed by atoms with Crippen LogP contribution in [0.2, 0.25) is 0 Å². The molecular formula is C12H11F3N2O2S. The number of nitriles is 1.